The second-order valence-electron chi connectivity index (χ2n) is 8.50. The summed E-state index contributed by atoms with van der Waals surface area (Å²) in [6.45, 7) is 7.02. The van der Waals surface area contributed by atoms with Crippen molar-refractivity contribution >= 4 is 41.0 Å². The summed E-state index contributed by atoms with van der Waals surface area (Å²) in [5.41, 5.74) is 3.08. The largest absolute Gasteiger partial charge is 0.341 e. The molecule has 0 bridgehead atoms. The van der Waals surface area contributed by atoms with Gasteiger partial charge in [-0.2, -0.15) is 11.3 Å². The molecule has 2 aromatic heterocycles. The second kappa shape index (κ2) is 9.53. The van der Waals surface area contributed by atoms with Crippen molar-refractivity contribution < 1.29 is 9.59 Å². The monoisotopic (exact) mass is 456 g/mol. The van der Waals surface area contributed by atoms with Crippen LogP contribution >= 0.6 is 23.1 Å². The van der Waals surface area contributed by atoms with E-state index in [0.29, 0.717) is 10.9 Å². The molecule has 2 aliphatic rings. The quantitative estimate of drug-likeness (QED) is 0.389. The molecule has 0 atom stereocenters. The number of carbonyl (C=O) groups is 2. The van der Waals surface area contributed by atoms with Gasteiger partial charge in [0.15, 0.2) is 5.16 Å². The molecular formula is C23H28N4O2S2. The summed E-state index contributed by atoms with van der Waals surface area (Å²) in [4.78, 5) is 38.0. The number of amides is 2. The van der Waals surface area contributed by atoms with Gasteiger partial charge >= 0.3 is 0 Å². The van der Waals surface area contributed by atoms with Crippen LogP contribution in [0.4, 0.5) is 0 Å². The Bertz CT molecular complexity index is 946. The van der Waals surface area contributed by atoms with E-state index >= 15 is 0 Å². The number of piperidine rings is 1. The Morgan fingerprint density at radius 1 is 1.13 bits per heavy atom. The number of aryl methyl sites for hydroxylation is 2. The normalized spacial score (nSPS) is 18.3. The van der Waals surface area contributed by atoms with Gasteiger partial charge in [0.25, 0.3) is 0 Å². The van der Waals surface area contributed by atoms with Crippen LogP contribution in [0.15, 0.2) is 34.1 Å². The van der Waals surface area contributed by atoms with Gasteiger partial charge in [-0.15, -0.1) is 0 Å². The number of rotatable bonds is 5. The minimum Gasteiger partial charge on any atom is -0.341 e. The summed E-state index contributed by atoms with van der Waals surface area (Å²) in [5, 5.41) is 4.71. The van der Waals surface area contributed by atoms with Crippen LogP contribution in [0.2, 0.25) is 0 Å². The molecule has 4 heterocycles. The van der Waals surface area contributed by atoms with Gasteiger partial charge in [-0.25, -0.2) is 9.97 Å². The Kier molecular flexibility index (Phi) is 6.77. The Morgan fingerprint density at radius 2 is 1.81 bits per heavy atom. The summed E-state index contributed by atoms with van der Waals surface area (Å²) >= 11 is 3.04. The first-order valence-electron chi connectivity index (χ1n) is 10.6. The zero-order valence-corrected chi connectivity index (χ0v) is 19.7. The fourth-order valence-electron chi connectivity index (χ4n) is 4.38. The molecule has 2 amide bonds. The van der Waals surface area contributed by atoms with E-state index in [2.05, 4.69) is 9.97 Å². The van der Waals surface area contributed by atoms with E-state index in [-0.39, 0.29) is 17.2 Å². The molecular weight excluding hydrogens is 428 g/mol. The summed E-state index contributed by atoms with van der Waals surface area (Å²) in [6, 6.07) is 3.94. The Hall–Kier alpha value is -2.19. The average Bonchev–Trinajstić information content (AvgIpc) is 3.41. The molecule has 2 fully saturated rings. The third-order valence-electron chi connectivity index (χ3n) is 6.17. The topological polar surface area (TPSA) is 66.4 Å². The lowest BCUT2D eigenvalue weighted by Gasteiger charge is -2.38. The molecule has 4 rings (SSSR count). The van der Waals surface area contributed by atoms with Crippen LogP contribution in [0.25, 0.3) is 6.08 Å². The van der Waals surface area contributed by atoms with Gasteiger partial charge in [-0.3, -0.25) is 9.59 Å². The van der Waals surface area contributed by atoms with Crippen LogP contribution in [0, 0.1) is 19.3 Å². The van der Waals surface area contributed by atoms with Gasteiger partial charge in [0.05, 0.1) is 5.75 Å². The van der Waals surface area contributed by atoms with Crippen molar-refractivity contribution in [1.29, 1.82) is 0 Å². The van der Waals surface area contributed by atoms with Crippen molar-refractivity contribution in [2.24, 2.45) is 5.41 Å². The smallest absolute Gasteiger partial charge is 0.246 e. The molecule has 0 saturated carbocycles. The molecule has 2 aromatic rings. The number of nitrogens with zero attached hydrogens (tertiary/aromatic N) is 4. The van der Waals surface area contributed by atoms with E-state index in [1.807, 2.05) is 52.6 Å². The first-order chi connectivity index (χ1) is 14.9. The number of hydrogen-bond donors (Lipinski definition) is 0. The number of carbonyl (C=O) groups excluding carboxylic acids is 2. The van der Waals surface area contributed by atoms with Gasteiger partial charge < -0.3 is 9.80 Å². The Labute approximate surface area is 191 Å². The zero-order valence-electron chi connectivity index (χ0n) is 18.0. The van der Waals surface area contributed by atoms with Gasteiger partial charge in [0.2, 0.25) is 11.8 Å². The minimum absolute atomic E-state index is 0.0804. The van der Waals surface area contributed by atoms with E-state index in [1.54, 1.807) is 17.4 Å². The number of thiophene rings is 1. The van der Waals surface area contributed by atoms with Crippen LogP contribution in [0.1, 0.15) is 36.2 Å². The van der Waals surface area contributed by atoms with Crippen LogP contribution in [0.3, 0.4) is 0 Å². The van der Waals surface area contributed by atoms with Gasteiger partial charge in [0, 0.05) is 43.6 Å². The van der Waals surface area contributed by atoms with Gasteiger partial charge in [-0.1, -0.05) is 11.8 Å². The van der Waals surface area contributed by atoms with Crippen molar-refractivity contribution in [3.05, 3.63) is 45.9 Å². The average molecular weight is 457 g/mol. The van der Waals surface area contributed by atoms with E-state index in [9.17, 15) is 9.59 Å². The zero-order chi connectivity index (χ0) is 21.8. The van der Waals surface area contributed by atoms with Crippen molar-refractivity contribution in [3.63, 3.8) is 0 Å². The molecule has 2 aliphatic heterocycles. The standard InChI is InChI=1S/C23H28N4O2S2/c1-17-13-18(2)25-22(24-17)31-15-21(29)27-11-8-23(16-27)6-9-26(10-7-23)20(28)4-3-19-5-12-30-14-19/h3-5,12-14H,6-11,15-16H2,1-2H3/b4-3+. The minimum atomic E-state index is 0.0804. The first-order valence-corrected chi connectivity index (χ1v) is 12.6. The molecule has 0 N–H and O–H groups in total. The van der Waals surface area contributed by atoms with Crippen molar-refractivity contribution in [2.45, 2.75) is 38.3 Å². The molecule has 0 radical (unpaired) electrons. The summed E-state index contributed by atoms with van der Waals surface area (Å²) < 4.78 is 0. The van der Waals surface area contributed by atoms with Crippen molar-refractivity contribution in [2.75, 3.05) is 31.9 Å². The number of thioether (sulfide) groups is 1. The molecule has 0 aromatic carbocycles. The SMILES string of the molecule is Cc1cc(C)nc(SCC(=O)N2CCC3(CCN(C(=O)/C=C/c4ccsc4)CC3)C2)n1. The van der Waals surface area contributed by atoms with Crippen LogP contribution < -0.4 is 0 Å². The van der Waals surface area contributed by atoms with Gasteiger partial charge in [-0.05, 0) is 73.1 Å². The van der Waals surface area contributed by atoms with Gasteiger partial charge in [0.1, 0.15) is 0 Å². The summed E-state index contributed by atoms with van der Waals surface area (Å²) in [5.74, 6) is 0.607. The third kappa shape index (κ3) is 5.54. The van der Waals surface area contributed by atoms with Crippen molar-refractivity contribution in [3.8, 4) is 0 Å². The molecule has 0 aliphatic carbocycles. The predicted molar refractivity (Wildman–Crippen MR) is 125 cm³/mol. The third-order valence-corrected chi connectivity index (χ3v) is 7.71. The maximum Gasteiger partial charge on any atom is 0.246 e. The lowest BCUT2D eigenvalue weighted by atomic mass is 9.78. The van der Waals surface area contributed by atoms with E-state index in [0.717, 1.165) is 62.4 Å². The predicted octanol–water partition coefficient (Wildman–Crippen LogP) is 3.80. The molecule has 1 spiro atoms. The maximum absolute atomic E-state index is 12.8. The number of aromatic nitrogens is 2. The maximum atomic E-state index is 12.8. The summed E-state index contributed by atoms with van der Waals surface area (Å²) in [6.07, 6.45) is 6.51. The van der Waals surface area contributed by atoms with E-state index < -0.39 is 0 Å². The van der Waals surface area contributed by atoms with E-state index in [1.165, 1.54) is 11.8 Å². The van der Waals surface area contributed by atoms with Crippen LogP contribution in [-0.4, -0.2) is 63.5 Å². The highest BCUT2D eigenvalue weighted by atomic mass is 32.2. The highest BCUT2D eigenvalue weighted by Gasteiger charge is 2.42. The Balaban J connectivity index is 1.25. The highest BCUT2D eigenvalue weighted by Crippen LogP contribution is 2.40. The Morgan fingerprint density at radius 3 is 2.45 bits per heavy atom. The fourth-order valence-corrected chi connectivity index (χ4v) is 5.86. The lowest BCUT2D eigenvalue weighted by Crippen LogP contribution is -2.44. The molecule has 8 heteroatoms. The van der Waals surface area contributed by atoms with Crippen molar-refractivity contribution in [1.82, 2.24) is 19.8 Å². The van der Waals surface area contributed by atoms with Crippen LogP contribution in [-0.2, 0) is 9.59 Å². The van der Waals surface area contributed by atoms with E-state index in [4.69, 9.17) is 0 Å². The van der Waals surface area contributed by atoms with Crippen LogP contribution in [0.5, 0.6) is 0 Å². The molecule has 0 unspecified atom stereocenters. The first kappa shape index (κ1) is 22.0. The fraction of sp³-hybridized carbons (Fsp3) is 0.478. The molecule has 6 nitrogen and oxygen atoms in total. The molecule has 31 heavy (non-hydrogen) atoms. The lowest BCUT2D eigenvalue weighted by molar-refractivity contribution is -0.130. The number of likely N-dealkylation sites (tertiary alicyclic amines) is 2. The molecule has 164 valence electrons. The highest BCUT2D eigenvalue weighted by molar-refractivity contribution is 7.99. The number of hydrogen-bond acceptors (Lipinski definition) is 6. The molecule has 2 saturated heterocycles. The summed E-state index contributed by atoms with van der Waals surface area (Å²) in [7, 11) is 0. The second-order valence-corrected chi connectivity index (χ2v) is 10.2.